The highest BCUT2D eigenvalue weighted by Crippen LogP contribution is 2.64. The Hall–Kier alpha value is -1.77. The van der Waals surface area contributed by atoms with Crippen LogP contribution in [0.1, 0.15) is 84.6 Å². The molecule has 2 unspecified atom stereocenters. The maximum Gasteiger partial charge on any atom is 0.237 e. The average molecular weight is 560 g/mol. The van der Waals surface area contributed by atoms with Gasteiger partial charge < -0.3 is 5.32 Å². The molecule has 0 aromatic heterocycles. The smallest absolute Gasteiger partial charge is 0.237 e. The molecule has 1 aliphatic heterocycles. The van der Waals surface area contributed by atoms with Gasteiger partial charge in [0.05, 0.1) is 11.8 Å². The summed E-state index contributed by atoms with van der Waals surface area (Å²) in [6.45, 7) is 10.3. The van der Waals surface area contributed by atoms with Gasteiger partial charge in [0.2, 0.25) is 15.9 Å². The minimum Gasteiger partial charge on any atom is -0.355 e. The van der Waals surface area contributed by atoms with E-state index in [2.05, 4.69) is 66.9 Å². The molecule has 0 spiro atoms. The van der Waals surface area contributed by atoms with E-state index in [0.29, 0.717) is 38.3 Å². The molecular formula is C31H49N3O4S. The molecule has 2 N–H and O–H groups in total. The van der Waals surface area contributed by atoms with Crippen molar-refractivity contribution < 1.29 is 18.0 Å². The number of rotatable bonds is 14. The Labute approximate surface area is 235 Å². The van der Waals surface area contributed by atoms with E-state index in [4.69, 9.17) is 0 Å². The van der Waals surface area contributed by atoms with E-state index >= 15 is 0 Å². The summed E-state index contributed by atoms with van der Waals surface area (Å²) in [5, 5.41) is 3.13. The second kappa shape index (κ2) is 12.4. The van der Waals surface area contributed by atoms with Crippen LogP contribution in [0.15, 0.2) is 30.3 Å². The third-order valence-corrected chi connectivity index (χ3v) is 11.4. The Morgan fingerprint density at radius 1 is 1.13 bits per heavy atom. The molecule has 218 valence electrons. The SMILES string of the molecule is CC(C)C[C@H](CN1CCC[C@H]1C(=O)NCCCCc1ccccc1)NS(=O)(=O)CC12CCC(CC1=O)C2(C)C. The minimum atomic E-state index is -3.68. The number of aryl methyl sites for hydroxylation is 1. The lowest BCUT2D eigenvalue weighted by molar-refractivity contribution is -0.128. The van der Waals surface area contributed by atoms with Crippen LogP contribution >= 0.6 is 0 Å². The lowest BCUT2D eigenvalue weighted by atomic mass is 9.70. The van der Waals surface area contributed by atoms with Gasteiger partial charge in [-0.1, -0.05) is 58.0 Å². The molecule has 1 saturated heterocycles. The predicted molar refractivity (Wildman–Crippen MR) is 156 cm³/mol. The normalized spacial score (nSPS) is 27.4. The third-order valence-electron chi connectivity index (χ3n) is 9.83. The third kappa shape index (κ3) is 6.94. The van der Waals surface area contributed by atoms with Crippen molar-refractivity contribution in [1.29, 1.82) is 0 Å². The first-order valence-corrected chi connectivity index (χ1v) is 16.7. The number of carbonyl (C=O) groups excluding carboxylic acids is 2. The van der Waals surface area contributed by atoms with Crippen molar-refractivity contribution in [2.24, 2.45) is 22.7 Å². The number of Topliss-reactive ketones (excluding diaryl/α,β-unsaturated/α-hetero) is 1. The van der Waals surface area contributed by atoms with Crippen molar-refractivity contribution >= 4 is 21.7 Å². The first-order valence-electron chi connectivity index (χ1n) is 15.0. The van der Waals surface area contributed by atoms with Gasteiger partial charge in [-0.2, -0.15) is 0 Å². The summed E-state index contributed by atoms with van der Waals surface area (Å²) >= 11 is 0. The number of unbranched alkanes of at least 4 members (excludes halogenated alkanes) is 1. The van der Waals surface area contributed by atoms with Crippen molar-refractivity contribution in [3.63, 3.8) is 0 Å². The number of hydrogen-bond acceptors (Lipinski definition) is 5. The van der Waals surface area contributed by atoms with Crippen LogP contribution in [0.3, 0.4) is 0 Å². The second-order valence-electron chi connectivity index (χ2n) is 13.3. The van der Waals surface area contributed by atoms with Crippen molar-refractivity contribution in [3.05, 3.63) is 35.9 Å². The van der Waals surface area contributed by atoms with Crippen LogP contribution in [-0.4, -0.2) is 62.5 Å². The van der Waals surface area contributed by atoms with E-state index in [9.17, 15) is 18.0 Å². The molecule has 2 aliphatic carbocycles. The minimum absolute atomic E-state index is 0.0487. The molecule has 1 heterocycles. The standard InChI is InChI=1S/C31H49N3O4S/c1-23(2)19-26(33-39(37,38)22-31-16-15-25(20-28(31)35)30(31,3)4)21-34-18-10-14-27(34)29(36)32-17-9-8-13-24-11-6-5-7-12-24/h5-7,11-12,23,25-27,33H,8-10,13-22H2,1-4H3,(H,32,36)/t25?,26-,27+,31?/m1/s1. The molecule has 4 atom stereocenters. The Morgan fingerprint density at radius 3 is 2.51 bits per heavy atom. The fourth-order valence-corrected chi connectivity index (χ4v) is 9.60. The molecule has 3 fully saturated rings. The van der Waals surface area contributed by atoms with Crippen molar-refractivity contribution in [3.8, 4) is 0 Å². The second-order valence-corrected chi connectivity index (χ2v) is 15.0. The summed E-state index contributed by atoms with van der Waals surface area (Å²) in [5.41, 5.74) is 0.256. The van der Waals surface area contributed by atoms with Crippen LogP contribution in [0.5, 0.6) is 0 Å². The monoisotopic (exact) mass is 559 g/mol. The van der Waals surface area contributed by atoms with Crippen LogP contribution in [0, 0.1) is 22.7 Å². The zero-order chi connectivity index (χ0) is 28.3. The highest BCUT2D eigenvalue weighted by atomic mass is 32.2. The van der Waals surface area contributed by atoms with Gasteiger partial charge in [0.1, 0.15) is 5.78 Å². The maximum absolute atomic E-state index is 13.5. The van der Waals surface area contributed by atoms with Crippen LogP contribution in [0.4, 0.5) is 0 Å². The van der Waals surface area contributed by atoms with Crippen LogP contribution < -0.4 is 10.0 Å². The molecule has 2 saturated carbocycles. The van der Waals surface area contributed by atoms with Crippen molar-refractivity contribution in [2.45, 2.75) is 97.6 Å². The van der Waals surface area contributed by atoms with E-state index in [1.165, 1.54) is 5.56 Å². The molecular weight excluding hydrogens is 510 g/mol. The Bertz CT molecular complexity index is 1100. The average Bonchev–Trinajstić information content (AvgIpc) is 3.46. The molecule has 1 aromatic carbocycles. The zero-order valence-electron chi connectivity index (χ0n) is 24.4. The highest BCUT2D eigenvalue weighted by Gasteiger charge is 2.65. The van der Waals surface area contributed by atoms with E-state index in [1.807, 2.05) is 6.07 Å². The van der Waals surface area contributed by atoms with Crippen LogP contribution in [0.25, 0.3) is 0 Å². The summed E-state index contributed by atoms with van der Waals surface area (Å²) in [4.78, 5) is 28.2. The predicted octanol–water partition coefficient (Wildman–Crippen LogP) is 4.32. The molecule has 1 aromatic rings. The van der Waals surface area contributed by atoms with E-state index in [0.717, 1.165) is 45.1 Å². The number of nitrogens with one attached hydrogen (secondary N) is 2. The quantitative estimate of drug-likeness (QED) is 0.331. The fraction of sp³-hybridized carbons (Fsp3) is 0.742. The number of carbonyl (C=O) groups is 2. The van der Waals surface area contributed by atoms with Gasteiger partial charge in [0.25, 0.3) is 0 Å². The summed E-state index contributed by atoms with van der Waals surface area (Å²) in [6, 6.07) is 9.88. The zero-order valence-corrected chi connectivity index (χ0v) is 25.2. The van der Waals surface area contributed by atoms with E-state index in [1.54, 1.807) is 0 Å². The van der Waals surface area contributed by atoms with Gasteiger partial charge >= 0.3 is 0 Å². The van der Waals surface area contributed by atoms with Crippen LogP contribution in [-0.2, 0) is 26.0 Å². The summed E-state index contributed by atoms with van der Waals surface area (Å²) in [7, 11) is -3.68. The Balaban J connectivity index is 1.31. The van der Waals surface area contributed by atoms with Gasteiger partial charge in [-0.15, -0.1) is 0 Å². The molecule has 0 radical (unpaired) electrons. The molecule has 2 bridgehead atoms. The Morgan fingerprint density at radius 2 is 1.87 bits per heavy atom. The van der Waals surface area contributed by atoms with Crippen molar-refractivity contribution in [2.75, 3.05) is 25.4 Å². The topological polar surface area (TPSA) is 95.6 Å². The van der Waals surface area contributed by atoms with E-state index < -0.39 is 15.4 Å². The summed E-state index contributed by atoms with van der Waals surface area (Å²) in [5.74, 6) is 0.635. The maximum atomic E-state index is 13.5. The molecule has 1 amide bonds. The number of benzene rings is 1. The van der Waals surface area contributed by atoms with Gasteiger partial charge in [-0.05, 0) is 80.7 Å². The summed E-state index contributed by atoms with van der Waals surface area (Å²) < 4.78 is 30.1. The number of likely N-dealkylation sites (tertiary alicyclic amines) is 1. The largest absolute Gasteiger partial charge is 0.355 e. The number of nitrogens with zero attached hydrogens (tertiary/aromatic N) is 1. The highest BCUT2D eigenvalue weighted by molar-refractivity contribution is 7.89. The first kappa shape index (κ1) is 30.2. The number of hydrogen-bond donors (Lipinski definition) is 2. The Kier molecular flexibility index (Phi) is 9.60. The van der Waals surface area contributed by atoms with Crippen LogP contribution in [0.2, 0.25) is 0 Å². The lowest BCUT2D eigenvalue weighted by Gasteiger charge is -2.37. The molecule has 8 heteroatoms. The fourth-order valence-electron chi connectivity index (χ4n) is 7.51. The van der Waals surface area contributed by atoms with Crippen molar-refractivity contribution in [1.82, 2.24) is 14.9 Å². The molecule has 39 heavy (non-hydrogen) atoms. The first-order chi connectivity index (χ1) is 18.4. The van der Waals surface area contributed by atoms with Gasteiger partial charge in [0.15, 0.2) is 0 Å². The number of ketones is 1. The van der Waals surface area contributed by atoms with E-state index in [-0.39, 0.29) is 40.9 Å². The molecule has 4 rings (SSSR count). The number of fused-ring (bicyclic) bond motifs is 2. The van der Waals surface area contributed by atoms with Gasteiger partial charge in [-0.25, -0.2) is 13.1 Å². The van der Waals surface area contributed by atoms with Gasteiger partial charge in [0, 0.05) is 31.0 Å². The number of sulfonamides is 1. The number of amides is 1. The lowest BCUT2D eigenvalue weighted by Crippen LogP contribution is -2.52. The molecule has 7 nitrogen and oxygen atoms in total. The summed E-state index contributed by atoms with van der Waals surface area (Å²) in [6.07, 6.45) is 7.49. The molecule has 3 aliphatic rings. The van der Waals surface area contributed by atoms with Gasteiger partial charge in [-0.3, -0.25) is 14.5 Å².